The van der Waals surface area contributed by atoms with Crippen LogP contribution in [0.1, 0.15) is 24.0 Å². The monoisotopic (exact) mass is 292 g/mol. The summed E-state index contributed by atoms with van der Waals surface area (Å²) < 4.78 is 5.39. The van der Waals surface area contributed by atoms with Crippen molar-refractivity contribution in [3.05, 3.63) is 35.4 Å². The number of amides is 1. The molecule has 0 radical (unpaired) electrons. The van der Waals surface area contributed by atoms with Gasteiger partial charge in [-0.2, -0.15) is 0 Å². The van der Waals surface area contributed by atoms with Gasteiger partial charge in [0, 0.05) is 18.7 Å². The van der Waals surface area contributed by atoms with E-state index in [1.54, 1.807) is 0 Å². The topological polar surface area (TPSA) is 64.4 Å². The lowest BCUT2D eigenvalue weighted by Crippen LogP contribution is -2.34. The fourth-order valence-electron chi connectivity index (χ4n) is 2.26. The molecule has 1 aliphatic rings. The number of nitrogens with one attached hydrogen (secondary N) is 1. The lowest BCUT2D eigenvalue weighted by Gasteiger charge is -2.22. The van der Waals surface area contributed by atoms with Crippen LogP contribution in [0.25, 0.3) is 0 Å². The molecule has 1 amide bonds. The van der Waals surface area contributed by atoms with Gasteiger partial charge in [-0.25, -0.2) is 0 Å². The zero-order chi connectivity index (χ0) is 14.4. The number of carbonyl (C=O) groups excluding carboxylic acids is 1. The first-order valence-electron chi connectivity index (χ1n) is 6.88. The second-order valence-electron chi connectivity index (χ2n) is 5.13. The molecule has 0 aliphatic carbocycles. The molecule has 0 aromatic heterocycles. The van der Waals surface area contributed by atoms with E-state index in [1.807, 2.05) is 24.3 Å². The predicted octanol–water partition coefficient (Wildman–Crippen LogP) is 1.41. The number of thiocarbonyl (C=S) groups is 1. The number of benzene rings is 1. The van der Waals surface area contributed by atoms with Crippen LogP contribution in [0.5, 0.6) is 0 Å². The van der Waals surface area contributed by atoms with E-state index in [4.69, 9.17) is 22.7 Å². The number of carbonyl (C=O) groups is 1. The standard InChI is InChI=1S/C15H20N2O2S/c16-15(20)13-5-3-11(4-6-13)8-14(18)17-9-12-2-1-7-19-10-12/h3-6,12H,1-2,7-10H2,(H2,16,20)(H,17,18). The minimum Gasteiger partial charge on any atom is -0.389 e. The van der Waals surface area contributed by atoms with E-state index in [2.05, 4.69) is 5.32 Å². The van der Waals surface area contributed by atoms with Crippen molar-refractivity contribution in [1.29, 1.82) is 0 Å². The van der Waals surface area contributed by atoms with Crippen LogP contribution >= 0.6 is 12.2 Å². The minimum absolute atomic E-state index is 0.0404. The molecule has 1 saturated heterocycles. The van der Waals surface area contributed by atoms with Gasteiger partial charge in [0.2, 0.25) is 5.91 Å². The average Bonchev–Trinajstić information content (AvgIpc) is 2.47. The Hall–Kier alpha value is -1.46. The third kappa shape index (κ3) is 4.58. The van der Waals surface area contributed by atoms with E-state index < -0.39 is 0 Å². The maximum atomic E-state index is 11.9. The van der Waals surface area contributed by atoms with Gasteiger partial charge < -0.3 is 15.8 Å². The number of hydrogen-bond donors (Lipinski definition) is 2. The van der Waals surface area contributed by atoms with E-state index in [9.17, 15) is 4.79 Å². The van der Waals surface area contributed by atoms with Gasteiger partial charge >= 0.3 is 0 Å². The molecule has 1 fully saturated rings. The summed E-state index contributed by atoms with van der Waals surface area (Å²) >= 11 is 4.89. The van der Waals surface area contributed by atoms with Crippen molar-refractivity contribution in [2.24, 2.45) is 11.7 Å². The third-order valence-corrected chi connectivity index (χ3v) is 3.68. The minimum atomic E-state index is 0.0404. The normalized spacial score (nSPS) is 18.5. The highest BCUT2D eigenvalue weighted by Gasteiger charge is 2.14. The summed E-state index contributed by atoms with van der Waals surface area (Å²) in [4.78, 5) is 12.2. The Bertz CT molecular complexity index is 467. The van der Waals surface area contributed by atoms with Gasteiger partial charge in [0.1, 0.15) is 4.99 Å². The molecular formula is C15H20N2O2S. The first-order valence-corrected chi connectivity index (χ1v) is 7.29. The summed E-state index contributed by atoms with van der Waals surface area (Å²) in [5.74, 6) is 0.489. The number of hydrogen-bond acceptors (Lipinski definition) is 3. The fourth-order valence-corrected chi connectivity index (χ4v) is 2.40. The molecule has 1 aliphatic heterocycles. The van der Waals surface area contributed by atoms with E-state index in [1.165, 1.54) is 0 Å². The number of nitrogens with two attached hydrogens (primary N) is 1. The SMILES string of the molecule is NC(=S)c1ccc(CC(=O)NCC2CCCOC2)cc1. The van der Waals surface area contributed by atoms with Crippen LogP contribution < -0.4 is 11.1 Å². The second-order valence-corrected chi connectivity index (χ2v) is 5.57. The van der Waals surface area contributed by atoms with Crippen molar-refractivity contribution in [1.82, 2.24) is 5.32 Å². The molecular weight excluding hydrogens is 272 g/mol. The first kappa shape index (κ1) is 14.9. The Morgan fingerprint density at radius 2 is 2.15 bits per heavy atom. The highest BCUT2D eigenvalue weighted by atomic mass is 32.1. The molecule has 1 atom stereocenters. The second kappa shape index (κ2) is 7.36. The molecule has 108 valence electrons. The lowest BCUT2D eigenvalue weighted by molar-refractivity contribution is -0.120. The summed E-state index contributed by atoms with van der Waals surface area (Å²) in [5, 5.41) is 2.97. The van der Waals surface area contributed by atoms with Gasteiger partial charge in [-0.05, 0) is 24.3 Å². The van der Waals surface area contributed by atoms with Crippen molar-refractivity contribution < 1.29 is 9.53 Å². The highest BCUT2D eigenvalue weighted by molar-refractivity contribution is 7.80. The largest absolute Gasteiger partial charge is 0.389 e. The highest BCUT2D eigenvalue weighted by Crippen LogP contribution is 2.12. The van der Waals surface area contributed by atoms with Crippen LogP contribution in [0.4, 0.5) is 0 Å². The molecule has 1 aromatic rings. The van der Waals surface area contributed by atoms with Crippen molar-refractivity contribution in [3.8, 4) is 0 Å². The molecule has 1 aromatic carbocycles. The van der Waals surface area contributed by atoms with E-state index >= 15 is 0 Å². The van der Waals surface area contributed by atoms with Crippen LogP contribution in [0.3, 0.4) is 0 Å². The molecule has 2 rings (SSSR count). The molecule has 0 spiro atoms. The summed E-state index contributed by atoms with van der Waals surface area (Å²) in [6, 6.07) is 7.47. The smallest absolute Gasteiger partial charge is 0.224 e. The Balaban J connectivity index is 1.77. The van der Waals surface area contributed by atoms with Gasteiger partial charge in [0.25, 0.3) is 0 Å². The summed E-state index contributed by atoms with van der Waals surface area (Å²) in [6.45, 7) is 2.30. The fraction of sp³-hybridized carbons (Fsp3) is 0.467. The van der Waals surface area contributed by atoms with Crippen molar-refractivity contribution in [2.75, 3.05) is 19.8 Å². The number of ether oxygens (including phenoxy) is 1. The number of rotatable bonds is 5. The molecule has 4 nitrogen and oxygen atoms in total. The quantitative estimate of drug-likeness (QED) is 0.805. The molecule has 5 heteroatoms. The van der Waals surface area contributed by atoms with Gasteiger partial charge in [-0.3, -0.25) is 4.79 Å². The summed E-state index contributed by atoms with van der Waals surface area (Å²) in [6.07, 6.45) is 2.59. The maximum Gasteiger partial charge on any atom is 0.224 e. The Morgan fingerprint density at radius 3 is 2.75 bits per heavy atom. The predicted molar refractivity (Wildman–Crippen MR) is 82.6 cm³/mol. The van der Waals surface area contributed by atoms with Crippen molar-refractivity contribution >= 4 is 23.1 Å². The molecule has 0 saturated carbocycles. The van der Waals surface area contributed by atoms with Crippen molar-refractivity contribution in [3.63, 3.8) is 0 Å². The molecule has 20 heavy (non-hydrogen) atoms. The average molecular weight is 292 g/mol. The first-order chi connectivity index (χ1) is 9.65. The van der Waals surface area contributed by atoms with Gasteiger partial charge in [0.15, 0.2) is 0 Å². The molecule has 1 heterocycles. The zero-order valence-electron chi connectivity index (χ0n) is 11.4. The Labute approximate surface area is 124 Å². The van der Waals surface area contributed by atoms with Gasteiger partial charge in [0.05, 0.1) is 13.0 Å². The molecule has 3 N–H and O–H groups in total. The van der Waals surface area contributed by atoms with Crippen LogP contribution in [0, 0.1) is 5.92 Å². The summed E-state index contributed by atoms with van der Waals surface area (Å²) in [5.41, 5.74) is 7.32. The van der Waals surface area contributed by atoms with Gasteiger partial charge in [-0.1, -0.05) is 36.5 Å². The zero-order valence-corrected chi connectivity index (χ0v) is 12.2. The van der Waals surface area contributed by atoms with E-state index in [0.29, 0.717) is 23.9 Å². The van der Waals surface area contributed by atoms with Crippen LogP contribution in [0.15, 0.2) is 24.3 Å². The maximum absolute atomic E-state index is 11.9. The molecule has 0 bridgehead atoms. The van der Waals surface area contributed by atoms with Gasteiger partial charge in [-0.15, -0.1) is 0 Å². The summed E-state index contributed by atoms with van der Waals surface area (Å²) in [7, 11) is 0. The van der Waals surface area contributed by atoms with Crippen molar-refractivity contribution in [2.45, 2.75) is 19.3 Å². The van der Waals surface area contributed by atoms with Crippen LogP contribution in [-0.2, 0) is 16.0 Å². The lowest BCUT2D eigenvalue weighted by atomic mass is 10.0. The molecule has 1 unspecified atom stereocenters. The Morgan fingerprint density at radius 1 is 1.40 bits per heavy atom. The van der Waals surface area contributed by atoms with E-state index in [0.717, 1.165) is 37.2 Å². The Kier molecular flexibility index (Phi) is 5.49. The third-order valence-electron chi connectivity index (χ3n) is 3.45. The van der Waals surface area contributed by atoms with Crippen LogP contribution in [0.2, 0.25) is 0 Å². The van der Waals surface area contributed by atoms with E-state index in [-0.39, 0.29) is 5.91 Å². The van der Waals surface area contributed by atoms with Crippen LogP contribution in [-0.4, -0.2) is 30.7 Å².